The summed E-state index contributed by atoms with van der Waals surface area (Å²) in [6.07, 6.45) is 3.72. The Bertz CT molecular complexity index is 2220. The summed E-state index contributed by atoms with van der Waals surface area (Å²) in [4.78, 5) is 4.26. The Morgan fingerprint density at radius 1 is 0.395 bits per heavy atom. The van der Waals surface area contributed by atoms with Crippen molar-refractivity contribution in [2.24, 2.45) is 0 Å². The number of hydrogen-bond acceptors (Lipinski definition) is 1. The second kappa shape index (κ2) is 10.4. The molecule has 0 N–H and O–H groups in total. The number of nitrogens with zero attached hydrogens (tertiary/aromatic N) is 1. The molecule has 0 aliphatic rings. The maximum Gasteiger partial charge on any atom is 0.0346 e. The van der Waals surface area contributed by atoms with Crippen molar-refractivity contribution in [3.05, 3.63) is 164 Å². The van der Waals surface area contributed by atoms with Gasteiger partial charge in [-0.05, 0) is 108 Å². The van der Waals surface area contributed by atoms with Crippen LogP contribution in [0.25, 0.3) is 76.8 Å². The highest BCUT2D eigenvalue weighted by atomic mass is 14.6. The Kier molecular flexibility index (Phi) is 6.09. The van der Waals surface area contributed by atoms with Crippen molar-refractivity contribution in [3.8, 4) is 44.5 Å². The van der Waals surface area contributed by atoms with E-state index in [4.69, 9.17) is 0 Å². The first kappa shape index (κ1) is 25.2. The van der Waals surface area contributed by atoms with Crippen LogP contribution in [0.4, 0.5) is 0 Å². The van der Waals surface area contributed by atoms with Crippen molar-refractivity contribution in [2.45, 2.75) is 6.92 Å². The van der Waals surface area contributed by atoms with Gasteiger partial charge in [0.05, 0.1) is 0 Å². The van der Waals surface area contributed by atoms with Gasteiger partial charge < -0.3 is 0 Å². The molecular formula is C42H29N. The number of fused-ring (bicyclic) bond motifs is 3. The molecule has 0 saturated carbocycles. The van der Waals surface area contributed by atoms with Gasteiger partial charge in [-0.15, -0.1) is 0 Å². The molecule has 1 nitrogen and oxygen atoms in total. The summed E-state index contributed by atoms with van der Waals surface area (Å²) in [5.41, 5.74) is 11.2. The topological polar surface area (TPSA) is 12.9 Å². The van der Waals surface area contributed by atoms with Crippen LogP contribution in [0, 0.1) is 6.92 Å². The Labute approximate surface area is 251 Å². The number of benzene rings is 7. The van der Waals surface area contributed by atoms with Crippen LogP contribution < -0.4 is 0 Å². The SMILES string of the molecule is Cc1ccccc1-c1c2ccccc2c(-c2ccc3cc(-c4ccc(-c5cccnc5)cc4)ccc3c2)c2ccccc12. The third kappa shape index (κ3) is 4.38. The van der Waals surface area contributed by atoms with E-state index in [1.54, 1.807) is 0 Å². The molecule has 1 heteroatoms. The van der Waals surface area contributed by atoms with Gasteiger partial charge >= 0.3 is 0 Å². The minimum atomic E-state index is 1.13. The molecule has 8 aromatic rings. The van der Waals surface area contributed by atoms with Crippen LogP contribution in [-0.2, 0) is 0 Å². The van der Waals surface area contributed by atoms with E-state index < -0.39 is 0 Å². The zero-order chi connectivity index (χ0) is 28.8. The van der Waals surface area contributed by atoms with Crippen molar-refractivity contribution in [3.63, 3.8) is 0 Å². The van der Waals surface area contributed by atoms with Gasteiger partial charge in [-0.3, -0.25) is 4.98 Å². The Morgan fingerprint density at radius 2 is 0.907 bits per heavy atom. The number of aromatic nitrogens is 1. The van der Waals surface area contributed by atoms with Gasteiger partial charge in [0.25, 0.3) is 0 Å². The van der Waals surface area contributed by atoms with E-state index in [0.29, 0.717) is 0 Å². The van der Waals surface area contributed by atoms with Gasteiger partial charge in [0, 0.05) is 12.4 Å². The van der Waals surface area contributed by atoms with Crippen LogP contribution in [0.3, 0.4) is 0 Å². The Balaban J connectivity index is 1.26. The summed E-state index contributed by atoms with van der Waals surface area (Å²) < 4.78 is 0. The molecular weight excluding hydrogens is 518 g/mol. The highest BCUT2D eigenvalue weighted by molar-refractivity contribution is 6.22. The predicted octanol–water partition coefficient (Wildman–Crippen LogP) is 11.5. The summed E-state index contributed by atoms with van der Waals surface area (Å²) >= 11 is 0. The van der Waals surface area contributed by atoms with Crippen LogP contribution in [0.5, 0.6) is 0 Å². The average molecular weight is 548 g/mol. The van der Waals surface area contributed by atoms with E-state index in [2.05, 4.69) is 151 Å². The smallest absolute Gasteiger partial charge is 0.0346 e. The lowest BCUT2D eigenvalue weighted by atomic mass is 9.84. The Hall–Kier alpha value is -5.53. The fraction of sp³-hybridized carbons (Fsp3) is 0.0238. The van der Waals surface area contributed by atoms with Crippen molar-refractivity contribution >= 4 is 32.3 Å². The van der Waals surface area contributed by atoms with Gasteiger partial charge in [0.1, 0.15) is 0 Å². The second-order valence-corrected chi connectivity index (χ2v) is 11.3. The molecule has 0 bridgehead atoms. The highest BCUT2D eigenvalue weighted by Crippen LogP contribution is 2.44. The first-order chi connectivity index (χ1) is 21.2. The zero-order valence-corrected chi connectivity index (χ0v) is 24.0. The monoisotopic (exact) mass is 547 g/mol. The van der Waals surface area contributed by atoms with Crippen molar-refractivity contribution in [1.29, 1.82) is 0 Å². The first-order valence-electron chi connectivity index (χ1n) is 14.8. The molecule has 0 aliphatic heterocycles. The highest BCUT2D eigenvalue weighted by Gasteiger charge is 2.17. The molecule has 202 valence electrons. The van der Waals surface area contributed by atoms with E-state index in [9.17, 15) is 0 Å². The second-order valence-electron chi connectivity index (χ2n) is 11.3. The van der Waals surface area contributed by atoms with Crippen molar-refractivity contribution < 1.29 is 0 Å². The van der Waals surface area contributed by atoms with Gasteiger partial charge in [-0.25, -0.2) is 0 Å². The largest absolute Gasteiger partial charge is 0.264 e. The van der Waals surface area contributed by atoms with E-state index in [1.807, 2.05) is 18.5 Å². The molecule has 0 fully saturated rings. The predicted molar refractivity (Wildman–Crippen MR) is 183 cm³/mol. The maximum atomic E-state index is 4.26. The molecule has 0 unspecified atom stereocenters. The maximum absolute atomic E-state index is 4.26. The molecule has 0 amide bonds. The molecule has 7 aromatic carbocycles. The Morgan fingerprint density at radius 3 is 1.51 bits per heavy atom. The number of rotatable bonds is 4. The van der Waals surface area contributed by atoms with Crippen molar-refractivity contribution in [1.82, 2.24) is 4.98 Å². The summed E-state index contributed by atoms with van der Waals surface area (Å²) in [6, 6.07) is 53.0. The van der Waals surface area contributed by atoms with Gasteiger partial charge in [-0.2, -0.15) is 0 Å². The fourth-order valence-corrected chi connectivity index (χ4v) is 6.55. The molecule has 0 atom stereocenters. The number of aryl methyl sites for hydroxylation is 1. The van der Waals surface area contributed by atoms with E-state index in [0.717, 1.165) is 5.56 Å². The van der Waals surface area contributed by atoms with Gasteiger partial charge in [-0.1, -0.05) is 127 Å². The molecule has 0 saturated heterocycles. The molecule has 0 aliphatic carbocycles. The molecule has 1 heterocycles. The van der Waals surface area contributed by atoms with Crippen LogP contribution in [0.15, 0.2) is 158 Å². The first-order valence-corrected chi connectivity index (χ1v) is 14.8. The molecule has 0 radical (unpaired) electrons. The number of hydrogen-bond donors (Lipinski definition) is 0. The summed E-state index contributed by atoms with van der Waals surface area (Å²) in [7, 11) is 0. The van der Waals surface area contributed by atoms with E-state index in [-0.39, 0.29) is 0 Å². The molecule has 0 spiro atoms. The molecule has 43 heavy (non-hydrogen) atoms. The lowest BCUT2D eigenvalue weighted by Gasteiger charge is -2.19. The van der Waals surface area contributed by atoms with Crippen LogP contribution in [0.2, 0.25) is 0 Å². The van der Waals surface area contributed by atoms with Gasteiger partial charge in [0.2, 0.25) is 0 Å². The minimum Gasteiger partial charge on any atom is -0.264 e. The summed E-state index contributed by atoms with van der Waals surface area (Å²) in [6.45, 7) is 2.21. The lowest BCUT2D eigenvalue weighted by Crippen LogP contribution is -1.92. The quantitative estimate of drug-likeness (QED) is 0.200. The molecule has 1 aromatic heterocycles. The van der Waals surface area contributed by atoms with Crippen LogP contribution in [0.1, 0.15) is 5.56 Å². The normalized spacial score (nSPS) is 11.4. The fourth-order valence-electron chi connectivity index (χ4n) is 6.55. The standard InChI is InChI=1S/C42H29N/c1-28-9-2-3-11-36(28)42-39-14-6-4-12-37(39)41(38-13-5-7-15-40(38)42)34-23-22-32-25-31(20-21-33(32)26-34)29-16-18-30(19-17-29)35-10-8-24-43-27-35/h2-27H,1H3. The van der Waals surface area contributed by atoms with Gasteiger partial charge in [0.15, 0.2) is 0 Å². The third-order valence-electron chi connectivity index (χ3n) is 8.69. The number of pyridine rings is 1. The van der Waals surface area contributed by atoms with Crippen molar-refractivity contribution in [2.75, 3.05) is 0 Å². The third-order valence-corrected chi connectivity index (χ3v) is 8.69. The van der Waals surface area contributed by atoms with E-state index >= 15 is 0 Å². The lowest BCUT2D eigenvalue weighted by molar-refractivity contribution is 1.33. The van der Waals surface area contributed by atoms with Crippen LogP contribution >= 0.6 is 0 Å². The average Bonchev–Trinajstić information content (AvgIpc) is 3.07. The zero-order valence-electron chi connectivity index (χ0n) is 24.0. The van der Waals surface area contributed by atoms with Crippen LogP contribution in [-0.4, -0.2) is 4.98 Å². The summed E-state index contributed by atoms with van der Waals surface area (Å²) in [5, 5.41) is 7.62. The summed E-state index contributed by atoms with van der Waals surface area (Å²) in [5.74, 6) is 0. The van der Waals surface area contributed by atoms with E-state index in [1.165, 1.54) is 76.8 Å². The minimum absolute atomic E-state index is 1.13. The molecule has 8 rings (SSSR count).